The minimum Gasteiger partial charge on any atom is -0.496 e. The lowest BCUT2D eigenvalue weighted by molar-refractivity contribution is 0.415. The first-order chi connectivity index (χ1) is 11.0. The molecule has 0 spiro atoms. The van der Waals surface area contributed by atoms with Crippen molar-refractivity contribution in [1.82, 2.24) is 10.3 Å². The molecule has 0 amide bonds. The maximum absolute atomic E-state index is 5.82. The third-order valence-electron chi connectivity index (χ3n) is 3.90. The predicted molar refractivity (Wildman–Crippen MR) is 96.9 cm³/mol. The zero-order valence-corrected chi connectivity index (χ0v) is 14.5. The zero-order chi connectivity index (χ0) is 16.8. The third kappa shape index (κ3) is 4.45. The van der Waals surface area contributed by atoms with Crippen molar-refractivity contribution in [2.24, 2.45) is 0 Å². The van der Waals surface area contributed by atoms with Gasteiger partial charge in [-0.05, 0) is 54.8 Å². The maximum atomic E-state index is 5.82. The van der Waals surface area contributed by atoms with Gasteiger partial charge in [0.2, 0.25) is 0 Å². The molecule has 0 bridgehead atoms. The minimum atomic E-state index is 0.498. The zero-order valence-electron chi connectivity index (χ0n) is 14.5. The number of nitrogens with zero attached hydrogens (tertiary/aromatic N) is 1. The summed E-state index contributed by atoms with van der Waals surface area (Å²) in [5.74, 6) is 1.37. The van der Waals surface area contributed by atoms with Gasteiger partial charge in [0.15, 0.2) is 0 Å². The van der Waals surface area contributed by atoms with Crippen LogP contribution in [0.4, 0.5) is 5.82 Å². The number of anilines is 1. The Morgan fingerprint density at radius 2 is 2.00 bits per heavy atom. The molecule has 0 aliphatic heterocycles. The monoisotopic (exact) mass is 313 g/mol. The number of nitrogens with one attached hydrogen (secondary N) is 1. The van der Waals surface area contributed by atoms with E-state index in [1.54, 1.807) is 13.2 Å². The fraction of sp³-hybridized carbons (Fsp3) is 0.421. The summed E-state index contributed by atoms with van der Waals surface area (Å²) in [6.07, 6.45) is 1.97. The first-order valence-corrected chi connectivity index (χ1v) is 8.21. The number of pyridine rings is 1. The average Bonchev–Trinajstić information content (AvgIpc) is 2.54. The van der Waals surface area contributed by atoms with E-state index < -0.39 is 0 Å². The van der Waals surface area contributed by atoms with Crippen LogP contribution >= 0.6 is 0 Å². The Bertz CT molecular complexity index is 653. The van der Waals surface area contributed by atoms with Gasteiger partial charge in [0.1, 0.15) is 11.6 Å². The van der Waals surface area contributed by atoms with Crippen LogP contribution in [-0.4, -0.2) is 24.7 Å². The van der Waals surface area contributed by atoms with Crippen LogP contribution in [0.15, 0.2) is 30.3 Å². The number of benzene rings is 1. The van der Waals surface area contributed by atoms with Crippen LogP contribution in [-0.2, 0) is 12.8 Å². The SMILES string of the molecule is CCc1cc(-c2cccc(N)n2)c(OC)cc1CCNC(C)C. The maximum Gasteiger partial charge on any atom is 0.128 e. The number of hydrogen-bond donors (Lipinski definition) is 2. The van der Waals surface area contributed by atoms with Gasteiger partial charge in [0, 0.05) is 11.6 Å². The van der Waals surface area contributed by atoms with Gasteiger partial charge in [-0.1, -0.05) is 26.8 Å². The van der Waals surface area contributed by atoms with E-state index in [4.69, 9.17) is 10.5 Å². The number of methoxy groups -OCH3 is 1. The largest absolute Gasteiger partial charge is 0.496 e. The van der Waals surface area contributed by atoms with E-state index in [0.29, 0.717) is 11.9 Å². The number of aryl methyl sites for hydroxylation is 1. The molecule has 23 heavy (non-hydrogen) atoms. The highest BCUT2D eigenvalue weighted by molar-refractivity contribution is 5.70. The van der Waals surface area contributed by atoms with Crippen LogP contribution in [0.2, 0.25) is 0 Å². The molecule has 0 aliphatic carbocycles. The van der Waals surface area contributed by atoms with Crippen molar-refractivity contribution in [2.45, 2.75) is 39.7 Å². The molecule has 0 saturated carbocycles. The standard InChI is InChI=1S/C19H27N3O/c1-5-14-11-16(17-7-6-8-19(20)22-17)18(23-4)12-15(14)9-10-21-13(2)3/h6-8,11-13,21H,5,9-10H2,1-4H3,(H2,20,22). The van der Waals surface area contributed by atoms with Gasteiger partial charge in [0.25, 0.3) is 0 Å². The second-order valence-corrected chi connectivity index (χ2v) is 5.98. The van der Waals surface area contributed by atoms with E-state index in [1.807, 2.05) is 12.1 Å². The summed E-state index contributed by atoms with van der Waals surface area (Å²) < 4.78 is 5.61. The van der Waals surface area contributed by atoms with Crippen molar-refractivity contribution in [3.63, 3.8) is 0 Å². The summed E-state index contributed by atoms with van der Waals surface area (Å²) in [7, 11) is 1.70. The van der Waals surface area contributed by atoms with Crippen LogP contribution in [0.5, 0.6) is 5.75 Å². The molecule has 4 heteroatoms. The number of nitrogens with two attached hydrogens (primary N) is 1. The van der Waals surface area contributed by atoms with E-state index in [0.717, 1.165) is 36.4 Å². The Labute approximate surface area is 139 Å². The van der Waals surface area contributed by atoms with Gasteiger partial charge in [0.05, 0.1) is 12.8 Å². The molecule has 0 radical (unpaired) electrons. The van der Waals surface area contributed by atoms with Gasteiger partial charge >= 0.3 is 0 Å². The summed E-state index contributed by atoms with van der Waals surface area (Å²) in [5, 5.41) is 3.47. The molecule has 3 N–H and O–H groups in total. The van der Waals surface area contributed by atoms with Crippen LogP contribution in [0.1, 0.15) is 31.9 Å². The van der Waals surface area contributed by atoms with E-state index in [1.165, 1.54) is 11.1 Å². The van der Waals surface area contributed by atoms with Crippen LogP contribution in [0.25, 0.3) is 11.3 Å². The van der Waals surface area contributed by atoms with Gasteiger partial charge in [-0.2, -0.15) is 0 Å². The second kappa shape index (κ2) is 7.97. The summed E-state index contributed by atoms with van der Waals surface area (Å²) in [6, 6.07) is 10.5. The normalized spacial score (nSPS) is 11.0. The Morgan fingerprint density at radius 3 is 2.61 bits per heavy atom. The molecule has 1 aromatic carbocycles. The Balaban J connectivity index is 2.37. The van der Waals surface area contributed by atoms with Gasteiger partial charge in [-0.15, -0.1) is 0 Å². The predicted octanol–water partition coefficient (Wildman–Crippen LogP) is 3.44. The fourth-order valence-corrected chi connectivity index (χ4v) is 2.69. The highest BCUT2D eigenvalue weighted by Crippen LogP contribution is 2.32. The van der Waals surface area contributed by atoms with Crippen LogP contribution < -0.4 is 15.8 Å². The molecule has 2 aromatic rings. The molecule has 0 fully saturated rings. The summed E-state index contributed by atoms with van der Waals surface area (Å²) >= 11 is 0. The second-order valence-electron chi connectivity index (χ2n) is 5.98. The number of rotatable bonds is 7. The Hall–Kier alpha value is -2.07. The molecule has 1 heterocycles. The first-order valence-electron chi connectivity index (χ1n) is 8.21. The summed E-state index contributed by atoms with van der Waals surface area (Å²) in [6.45, 7) is 7.47. The molecule has 2 rings (SSSR count). The van der Waals surface area contributed by atoms with E-state index in [2.05, 4.69) is 43.2 Å². The van der Waals surface area contributed by atoms with Crippen molar-refractivity contribution < 1.29 is 4.74 Å². The molecule has 0 saturated heterocycles. The molecule has 0 unspecified atom stereocenters. The van der Waals surface area contributed by atoms with Gasteiger partial charge < -0.3 is 15.8 Å². The lowest BCUT2D eigenvalue weighted by Gasteiger charge is -2.16. The molecule has 124 valence electrons. The van der Waals surface area contributed by atoms with E-state index >= 15 is 0 Å². The van der Waals surface area contributed by atoms with Gasteiger partial charge in [-0.25, -0.2) is 4.98 Å². The van der Waals surface area contributed by atoms with E-state index in [-0.39, 0.29) is 0 Å². The molecular formula is C19H27N3O. The van der Waals surface area contributed by atoms with Crippen LogP contribution in [0.3, 0.4) is 0 Å². The number of ether oxygens (including phenoxy) is 1. The number of aromatic nitrogens is 1. The number of hydrogen-bond acceptors (Lipinski definition) is 4. The number of nitrogen functional groups attached to an aromatic ring is 1. The van der Waals surface area contributed by atoms with Crippen molar-refractivity contribution in [3.05, 3.63) is 41.5 Å². The minimum absolute atomic E-state index is 0.498. The average molecular weight is 313 g/mol. The van der Waals surface area contributed by atoms with Gasteiger partial charge in [-0.3, -0.25) is 0 Å². The van der Waals surface area contributed by atoms with Crippen molar-refractivity contribution >= 4 is 5.82 Å². The van der Waals surface area contributed by atoms with Crippen LogP contribution in [0, 0.1) is 0 Å². The molecule has 4 nitrogen and oxygen atoms in total. The lowest BCUT2D eigenvalue weighted by atomic mass is 9.96. The third-order valence-corrected chi connectivity index (χ3v) is 3.90. The lowest BCUT2D eigenvalue weighted by Crippen LogP contribution is -2.25. The molecule has 1 aromatic heterocycles. The quantitative estimate of drug-likeness (QED) is 0.822. The smallest absolute Gasteiger partial charge is 0.128 e. The highest BCUT2D eigenvalue weighted by Gasteiger charge is 2.12. The Morgan fingerprint density at radius 1 is 1.22 bits per heavy atom. The van der Waals surface area contributed by atoms with Crippen molar-refractivity contribution in [3.8, 4) is 17.0 Å². The Kier molecular flexibility index (Phi) is 5.99. The molecule has 0 atom stereocenters. The summed E-state index contributed by atoms with van der Waals surface area (Å²) in [4.78, 5) is 4.43. The van der Waals surface area contributed by atoms with E-state index in [9.17, 15) is 0 Å². The summed E-state index contributed by atoms with van der Waals surface area (Å²) in [5.41, 5.74) is 10.3. The van der Waals surface area contributed by atoms with Crippen molar-refractivity contribution in [2.75, 3.05) is 19.4 Å². The fourth-order valence-electron chi connectivity index (χ4n) is 2.69. The first kappa shape index (κ1) is 17.3. The molecular weight excluding hydrogens is 286 g/mol. The van der Waals surface area contributed by atoms with Crippen molar-refractivity contribution in [1.29, 1.82) is 0 Å². The topological polar surface area (TPSA) is 60.2 Å². The highest BCUT2D eigenvalue weighted by atomic mass is 16.5. The molecule has 0 aliphatic rings.